The number of benzene rings is 4. The number of nitrogens with two attached hydrogens (primary N) is 3. The summed E-state index contributed by atoms with van der Waals surface area (Å²) >= 11 is 14.3. The quantitative estimate of drug-likeness (QED) is 0.0471. The zero-order chi connectivity index (χ0) is 64.9. The number of carbonyl (C=O) groups is 8. The van der Waals surface area contributed by atoms with E-state index in [1.54, 1.807) is 54.6 Å². The molecule has 10 N–H and O–H groups in total. The number of anilines is 2. The van der Waals surface area contributed by atoms with Crippen molar-refractivity contribution in [2.24, 2.45) is 17.2 Å². The molecule has 2 aliphatic heterocycles. The number of aromatic nitrogens is 4. The number of nitrogens with zero attached hydrogens (tertiary/aromatic N) is 6. The largest absolute Gasteiger partial charge is 0.477 e. The summed E-state index contributed by atoms with van der Waals surface area (Å²) < 4.78 is 62.8. The molecule has 0 radical (unpaired) electrons. The number of fused-ring (bicyclic) bond motifs is 2. The van der Waals surface area contributed by atoms with E-state index in [0.717, 1.165) is 62.8 Å². The Hall–Kier alpha value is -8.76. The predicted molar refractivity (Wildman–Crippen MR) is 350 cm³/mol. The monoisotopic (exact) mass is 1360 g/mol. The molecule has 4 aromatic carbocycles. The molecule has 12 rings (SSSR count). The number of halogens is 6. The van der Waals surface area contributed by atoms with Crippen molar-refractivity contribution in [2.75, 3.05) is 23.7 Å². The zero-order valence-electron chi connectivity index (χ0n) is 48.3. The van der Waals surface area contributed by atoms with Crippen molar-refractivity contribution < 1.29 is 61.0 Å². The lowest BCUT2D eigenvalue weighted by Crippen LogP contribution is -2.44. The van der Waals surface area contributed by atoms with Crippen molar-refractivity contribution >= 4 is 125 Å². The maximum atomic E-state index is 15.5. The number of carbonyl (C=O) groups excluding carboxylic acids is 7. The van der Waals surface area contributed by atoms with Crippen LogP contribution in [0.25, 0.3) is 42.7 Å². The van der Waals surface area contributed by atoms with Crippen LogP contribution in [0.15, 0.2) is 97.1 Å². The number of hydrogen-bond donors (Lipinski definition) is 7. The first-order valence-electron chi connectivity index (χ1n) is 29.0. The summed E-state index contributed by atoms with van der Waals surface area (Å²) in [5.41, 5.74) is 17.5. The Morgan fingerprint density at radius 2 is 0.978 bits per heavy atom. The summed E-state index contributed by atoms with van der Waals surface area (Å²) in [7, 11) is 0. The SMILES string of the molecule is C.C.NC(=O)c1nn(CC(=O)N2C[C@H](F)C[C@H]2C(=O)Nc2cccc(-c3ccccc3Cl)c2F)c2cc(C(=O)NC3CCCC3)sc12.NC(=O)c1nn(CC(=O)N2C[C@H](F)C[C@H]2C(=O)Nc2cccc(-c3ccccc3Cl)c2F)c2cc(C(=O)O)sc12.NC1CCCC1. The van der Waals surface area contributed by atoms with Crippen molar-refractivity contribution in [1.82, 2.24) is 34.7 Å². The summed E-state index contributed by atoms with van der Waals surface area (Å²) in [6.45, 7) is -1.72. The molecular weight excluding hydrogens is 1290 g/mol. The average Bonchev–Trinajstić information content (AvgIpc) is 1.64. The number of aromatic carboxylic acids is 1. The summed E-state index contributed by atoms with van der Waals surface area (Å²) in [4.78, 5) is 104. The lowest BCUT2D eigenvalue weighted by Gasteiger charge is -2.24. The van der Waals surface area contributed by atoms with Crippen LogP contribution in [0.4, 0.5) is 28.9 Å². The Morgan fingerprint density at radius 1 is 0.581 bits per heavy atom. The average molecular weight is 1360 g/mol. The Morgan fingerprint density at radius 3 is 1.38 bits per heavy atom. The van der Waals surface area contributed by atoms with Crippen LogP contribution in [-0.4, -0.2) is 131 Å². The molecule has 0 unspecified atom stereocenters. The first kappa shape index (κ1) is 70.1. The van der Waals surface area contributed by atoms with Crippen LogP contribution < -0.4 is 33.2 Å². The molecule has 4 aliphatic rings. The summed E-state index contributed by atoms with van der Waals surface area (Å²) in [5, 5.41) is 26.1. The standard InChI is InChI=1S/C31H29ClF2N6O4S.C26H20ClF2N5O5S.C5H11N.2CH4/c32-20-10-4-3-8-18(20)19-9-5-11-21(26(19)34)37-30(43)23-12-16(33)14-39(23)25(41)15-40-22-13-24(31(44)36-17-6-1-2-7-17)45-28(22)27(38-40)29(35)42;27-15-6-2-1-4-13(15)14-5-3-7-16(21(14)29)31-25(37)18-8-12(28)10-33(18)20(35)11-34-17-9-19(26(38)39)40-23(17)22(32-34)24(30)36;6-5-3-1-2-4-5;;/h3-5,8-11,13,16-17,23H,1-2,6-7,12,14-15H2,(H2,35,42)(H,36,44)(H,37,43);1-7,9,12,18H,8,10-11H2,(H2,30,36)(H,31,37)(H,38,39);5H,1-4,6H2;2*1H4/t16-,23+;12-,18+;;;/m11.../s1. The van der Waals surface area contributed by atoms with Gasteiger partial charge >= 0.3 is 5.97 Å². The molecular formula is C64H68Cl2F4N12O9S2. The van der Waals surface area contributed by atoms with E-state index < -0.39 is 97.1 Å². The Labute approximate surface area is 549 Å². The molecule has 492 valence electrons. The Kier molecular flexibility index (Phi) is 22.9. The zero-order valence-corrected chi connectivity index (χ0v) is 51.5. The van der Waals surface area contributed by atoms with Gasteiger partial charge in [-0.25, -0.2) is 22.4 Å². The highest BCUT2D eigenvalue weighted by Gasteiger charge is 2.42. The van der Waals surface area contributed by atoms with Crippen LogP contribution in [0.3, 0.4) is 0 Å². The number of hydrogen-bond acceptors (Lipinski definition) is 13. The van der Waals surface area contributed by atoms with E-state index in [4.69, 9.17) is 40.4 Å². The number of nitrogens with one attached hydrogen (secondary N) is 3. The van der Waals surface area contributed by atoms with Gasteiger partial charge in [0.2, 0.25) is 23.6 Å². The second kappa shape index (κ2) is 30.3. The number of rotatable bonds is 15. The van der Waals surface area contributed by atoms with Crippen LogP contribution in [0.1, 0.15) is 119 Å². The third kappa shape index (κ3) is 15.7. The van der Waals surface area contributed by atoms with Gasteiger partial charge in [0.25, 0.3) is 17.7 Å². The van der Waals surface area contributed by atoms with Gasteiger partial charge in [0.15, 0.2) is 23.0 Å². The number of carboxylic acids is 1. The maximum Gasteiger partial charge on any atom is 0.345 e. The van der Waals surface area contributed by atoms with Gasteiger partial charge in [-0.1, -0.05) is 124 Å². The molecule has 8 aromatic rings. The fourth-order valence-corrected chi connectivity index (χ4v) is 14.0. The van der Waals surface area contributed by atoms with Crippen molar-refractivity contribution in [3.8, 4) is 22.3 Å². The van der Waals surface area contributed by atoms with Gasteiger partial charge in [0.05, 0.1) is 49.8 Å². The molecule has 2 saturated heterocycles. The van der Waals surface area contributed by atoms with E-state index in [1.807, 2.05) is 0 Å². The number of alkyl halides is 2. The minimum Gasteiger partial charge on any atom is -0.477 e. The first-order valence-corrected chi connectivity index (χ1v) is 31.4. The van der Waals surface area contributed by atoms with Crippen LogP contribution in [-0.2, 0) is 32.3 Å². The van der Waals surface area contributed by atoms with Crippen molar-refractivity contribution in [2.45, 2.75) is 129 Å². The molecule has 6 heterocycles. The minimum atomic E-state index is -1.52. The molecule has 7 amide bonds. The maximum absolute atomic E-state index is 15.5. The van der Waals surface area contributed by atoms with Crippen LogP contribution in [0.2, 0.25) is 10.0 Å². The van der Waals surface area contributed by atoms with Gasteiger partial charge in [-0.3, -0.25) is 42.9 Å². The smallest absolute Gasteiger partial charge is 0.345 e. The third-order valence-electron chi connectivity index (χ3n) is 16.0. The van der Waals surface area contributed by atoms with Crippen molar-refractivity contribution in [3.63, 3.8) is 0 Å². The fraction of sp³-hybridized carbons (Fsp3) is 0.344. The molecule has 4 atom stereocenters. The molecule has 2 aliphatic carbocycles. The molecule has 29 heteroatoms. The highest BCUT2D eigenvalue weighted by atomic mass is 35.5. The van der Waals surface area contributed by atoms with Gasteiger partial charge in [0.1, 0.15) is 42.4 Å². The molecule has 0 bridgehead atoms. The first-order chi connectivity index (χ1) is 43.5. The fourth-order valence-electron chi connectivity index (χ4n) is 11.5. The van der Waals surface area contributed by atoms with Gasteiger partial charge in [-0.2, -0.15) is 10.2 Å². The van der Waals surface area contributed by atoms with Gasteiger partial charge < -0.3 is 48.1 Å². The van der Waals surface area contributed by atoms with Gasteiger partial charge in [-0.05, 0) is 62.1 Å². The topological polar surface area (TPSA) is 313 Å². The van der Waals surface area contributed by atoms with Crippen molar-refractivity contribution in [3.05, 3.63) is 140 Å². The number of primary amides is 2. The van der Waals surface area contributed by atoms with Crippen molar-refractivity contribution in [1.29, 1.82) is 0 Å². The molecule has 93 heavy (non-hydrogen) atoms. The van der Waals surface area contributed by atoms with Crippen LogP contribution >= 0.6 is 45.9 Å². The highest BCUT2D eigenvalue weighted by molar-refractivity contribution is 7.21. The third-order valence-corrected chi connectivity index (χ3v) is 18.9. The number of thiophene rings is 2. The van der Waals surface area contributed by atoms with E-state index in [1.165, 1.54) is 72.8 Å². The number of amides is 7. The number of likely N-dealkylation sites (tertiary alicyclic amines) is 2. The van der Waals surface area contributed by atoms with E-state index in [-0.39, 0.29) is 95.2 Å². The Balaban J connectivity index is 0.000000216. The second-order valence-corrected chi connectivity index (χ2v) is 25.2. The van der Waals surface area contributed by atoms with Crippen LogP contribution in [0, 0.1) is 11.6 Å². The van der Waals surface area contributed by atoms with E-state index >= 15 is 8.78 Å². The highest BCUT2D eigenvalue weighted by Crippen LogP contribution is 2.37. The second-order valence-electron chi connectivity index (χ2n) is 22.3. The Bertz CT molecular complexity index is 4150. The van der Waals surface area contributed by atoms with Gasteiger partial charge in [0, 0.05) is 57.2 Å². The summed E-state index contributed by atoms with van der Waals surface area (Å²) in [5.74, 6) is -7.68. The summed E-state index contributed by atoms with van der Waals surface area (Å²) in [6, 6.07) is 23.0. The van der Waals surface area contributed by atoms with Gasteiger partial charge in [-0.15, -0.1) is 22.7 Å². The van der Waals surface area contributed by atoms with E-state index in [0.29, 0.717) is 42.3 Å². The predicted octanol–water partition coefficient (Wildman–Crippen LogP) is 11.0. The summed E-state index contributed by atoms with van der Waals surface area (Å²) in [6.07, 6.45) is 5.52. The minimum absolute atomic E-state index is 0. The molecule has 0 spiro atoms. The van der Waals surface area contributed by atoms with E-state index in [9.17, 15) is 52.2 Å². The number of carboxylic acid groups (broad SMARTS) is 1. The van der Waals surface area contributed by atoms with E-state index in [2.05, 4.69) is 26.1 Å². The van der Waals surface area contributed by atoms with Crippen LogP contribution in [0.5, 0.6) is 0 Å². The molecule has 2 saturated carbocycles. The molecule has 4 fully saturated rings. The molecule has 4 aromatic heterocycles. The normalized spacial score (nSPS) is 17.8. The molecule has 21 nitrogen and oxygen atoms in total. The lowest BCUT2D eigenvalue weighted by atomic mass is 10.0. The lowest BCUT2D eigenvalue weighted by molar-refractivity contribution is -0.137.